The van der Waals surface area contributed by atoms with E-state index < -0.39 is 0 Å². The molecule has 1 aromatic heterocycles. The van der Waals surface area contributed by atoms with E-state index in [0.717, 1.165) is 21.5 Å². The van der Waals surface area contributed by atoms with E-state index in [9.17, 15) is 0 Å². The maximum Gasteiger partial charge on any atom is 0.0449 e. The van der Waals surface area contributed by atoms with Gasteiger partial charge in [-0.2, -0.15) is 0 Å². The van der Waals surface area contributed by atoms with Crippen molar-refractivity contribution in [2.75, 3.05) is 0 Å². The molecule has 1 aliphatic carbocycles. The van der Waals surface area contributed by atoms with Crippen LogP contribution in [0.4, 0.5) is 0 Å². The van der Waals surface area contributed by atoms with Gasteiger partial charge in [-0.15, -0.1) is 11.3 Å². The van der Waals surface area contributed by atoms with Gasteiger partial charge in [0.05, 0.1) is 0 Å². The summed E-state index contributed by atoms with van der Waals surface area (Å²) in [7, 11) is 0. The molecule has 0 bridgehead atoms. The monoisotopic (exact) mass is 383 g/mol. The topological polar surface area (TPSA) is 26.0 Å². The number of nitrogens with two attached hydrogens (primary N) is 1. The lowest BCUT2D eigenvalue weighted by Gasteiger charge is -2.11. The third-order valence-corrected chi connectivity index (χ3v) is 6.30. The smallest absolute Gasteiger partial charge is 0.0449 e. The van der Waals surface area contributed by atoms with Crippen molar-refractivity contribution in [2.45, 2.75) is 44.6 Å². The molecule has 0 spiro atoms. The van der Waals surface area contributed by atoms with Gasteiger partial charge in [0.1, 0.15) is 0 Å². The van der Waals surface area contributed by atoms with Gasteiger partial charge in [-0.3, -0.25) is 0 Å². The minimum Gasteiger partial charge on any atom is -0.323 e. The van der Waals surface area contributed by atoms with E-state index >= 15 is 0 Å². The molecule has 1 aliphatic rings. The lowest BCUT2D eigenvalue weighted by Crippen LogP contribution is -2.12. The van der Waals surface area contributed by atoms with Crippen molar-refractivity contribution in [3.05, 3.63) is 54.6 Å². The van der Waals surface area contributed by atoms with Gasteiger partial charge < -0.3 is 5.73 Å². The highest BCUT2D eigenvalue weighted by molar-refractivity contribution is 9.10. The van der Waals surface area contributed by atoms with E-state index in [1.54, 1.807) is 4.88 Å². The summed E-state index contributed by atoms with van der Waals surface area (Å²) in [4.78, 5) is 2.86. The van der Waals surface area contributed by atoms with Gasteiger partial charge in [-0.1, -0.05) is 40.0 Å². The zero-order valence-corrected chi connectivity index (χ0v) is 15.0. The van der Waals surface area contributed by atoms with Crippen LogP contribution in [0, 0.1) is 0 Å². The summed E-state index contributed by atoms with van der Waals surface area (Å²) in [5, 5.41) is 0.790. The second-order valence-electron chi connectivity index (χ2n) is 5.70. The first kappa shape index (κ1) is 15.5. The van der Waals surface area contributed by atoms with E-state index in [1.165, 1.54) is 42.5 Å². The average molecular weight is 385 g/mol. The van der Waals surface area contributed by atoms with Crippen molar-refractivity contribution in [2.24, 2.45) is 5.73 Å². The predicted molar refractivity (Wildman–Crippen MR) is 95.4 cm³/mol. The zero-order chi connectivity index (χ0) is 14.8. The van der Waals surface area contributed by atoms with E-state index in [4.69, 9.17) is 17.3 Å². The molecule has 1 unspecified atom stereocenters. The number of halogens is 2. The minimum atomic E-state index is 0.0422. The molecule has 1 aromatic carbocycles. The lowest BCUT2D eigenvalue weighted by molar-refractivity contribution is 0.709. The van der Waals surface area contributed by atoms with Crippen LogP contribution >= 0.6 is 38.9 Å². The quantitative estimate of drug-likeness (QED) is 0.677. The van der Waals surface area contributed by atoms with E-state index in [1.807, 2.05) is 23.5 Å². The van der Waals surface area contributed by atoms with Crippen LogP contribution in [0.25, 0.3) is 0 Å². The molecule has 0 saturated heterocycles. The molecule has 2 aromatic rings. The Bertz CT molecular complexity index is 614. The first-order chi connectivity index (χ1) is 10.1. The highest BCUT2D eigenvalue weighted by atomic mass is 79.9. The number of hydrogen-bond acceptors (Lipinski definition) is 2. The molecule has 0 aliphatic heterocycles. The Morgan fingerprint density at radius 3 is 2.81 bits per heavy atom. The Balaban J connectivity index is 1.77. The third kappa shape index (κ3) is 3.70. The van der Waals surface area contributed by atoms with Crippen LogP contribution in [0.1, 0.15) is 46.2 Å². The number of aryl methyl sites for hydroxylation is 2. The standard InChI is InChI=1S/C17H19BrClNS/c18-13-7-6-11(14(19)10-13)8-15(20)17-9-12-4-2-1-3-5-16(12)21-17/h6-7,9-10,15H,1-5,8,20H2. The SMILES string of the molecule is NC(Cc1ccc(Br)cc1Cl)c1cc2c(s1)CCCCC2. The summed E-state index contributed by atoms with van der Waals surface area (Å²) in [5.41, 5.74) is 9.08. The normalized spacial score (nSPS) is 16.3. The summed E-state index contributed by atoms with van der Waals surface area (Å²) in [5.74, 6) is 0. The van der Waals surface area contributed by atoms with Crippen LogP contribution in [0.3, 0.4) is 0 Å². The van der Waals surface area contributed by atoms with E-state index in [0.29, 0.717) is 0 Å². The minimum absolute atomic E-state index is 0.0422. The van der Waals surface area contributed by atoms with Gasteiger partial charge in [0.15, 0.2) is 0 Å². The van der Waals surface area contributed by atoms with Crippen molar-refractivity contribution < 1.29 is 0 Å². The van der Waals surface area contributed by atoms with E-state index in [2.05, 4.69) is 28.1 Å². The number of thiophene rings is 1. The lowest BCUT2D eigenvalue weighted by atomic mass is 10.0. The van der Waals surface area contributed by atoms with Crippen molar-refractivity contribution in [1.29, 1.82) is 0 Å². The van der Waals surface area contributed by atoms with Gasteiger partial charge in [0.2, 0.25) is 0 Å². The van der Waals surface area contributed by atoms with Gasteiger partial charge in [0.25, 0.3) is 0 Å². The molecule has 0 saturated carbocycles. The Morgan fingerprint density at radius 2 is 2.00 bits per heavy atom. The molecule has 112 valence electrons. The third-order valence-electron chi connectivity index (χ3n) is 4.09. The van der Waals surface area contributed by atoms with Crippen LogP contribution in [-0.4, -0.2) is 0 Å². The molecule has 0 fully saturated rings. The van der Waals surface area contributed by atoms with Crippen LogP contribution in [-0.2, 0) is 19.3 Å². The first-order valence-corrected chi connectivity index (χ1v) is 9.43. The van der Waals surface area contributed by atoms with Crippen LogP contribution in [0.2, 0.25) is 5.02 Å². The van der Waals surface area contributed by atoms with Crippen molar-refractivity contribution >= 4 is 38.9 Å². The van der Waals surface area contributed by atoms with Crippen molar-refractivity contribution in [3.63, 3.8) is 0 Å². The van der Waals surface area contributed by atoms with Gasteiger partial charge in [0, 0.05) is 25.3 Å². The Labute approximate surface area is 143 Å². The summed E-state index contributed by atoms with van der Waals surface area (Å²) in [6.45, 7) is 0. The van der Waals surface area contributed by atoms with Gasteiger partial charge in [-0.05, 0) is 61.4 Å². The highest BCUT2D eigenvalue weighted by Crippen LogP contribution is 2.33. The molecule has 3 rings (SSSR count). The number of hydrogen-bond donors (Lipinski definition) is 1. The second kappa shape index (κ2) is 6.82. The maximum absolute atomic E-state index is 6.43. The summed E-state index contributed by atoms with van der Waals surface area (Å²) < 4.78 is 1.01. The Hall–Kier alpha value is -0.350. The predicted octanol–water partition coefficient (Wildman–Crippen LogP) is 5.68. The average Bonchev–Trinajstić information content (AvgIpc) is 2.73. The molecule has 1 nitrogen and oxygen atoms in total. The fourth-order valence-electron chi connectivity index (χ4n) is 2.90. The zero-order valence-electron chi connectivity index (χ0n) is 11.9. The molecular formula is C17H19BrClNS. The summed E-state index contributed by atoms with van der Waals surface area (Å²) in [6.07, 6.45) is 7.24. The van der Waals surface area contributed by atoms with Crippen LogP contribution in [0.15, 0.2) is 28.7 Å². The number of benzene rings is 1. The van der Waals surface area contributed by atoms with Crippen LogP contribution < -0.4 is 5.73 Å². The highest BCUT2D eigenvalue weighted by Gasteiger charge is 2.17. The fourth-order valence-corrected chi connectivity index (χ4v) is 4.91. The first-order valence-electron chi connectivity index (χ1n) is 7.44. The molecule has 1 heterocycles. The number of fused-ring (bicyclic) bond motifs is 1. The Morgan fingerprint density at radius 1 is 1.19 bits per heavy atom. The molecule has 4 heteroatoms. The molecule has 2 N–H and O–H groups in total. The van der Waals surface area contributed by atoms with Crippen LogP contribution in [0.5, 0.6) is 0 Å². The maximum atomic E-state index is 6.43. The summed E-state index contributed by atoms with van der Waals surface area (Å²) in [6, 6.07) is 8.40. The van der Waals surface area contributed by atoms with Crippen molar-refractivity contribution in [3.8, 4) is 0 Å². The molecular weight excluding hydrogens is 366 g/mol. The largest absolute Gasteiger partial charge is 0.323 e. The molecule has 0 amide bonds. The Kier molecular flexibility index (Phi) is 5.05. The number of rotatable bonds is 3. The van der Waals surface area contributed by atoms with Crippen molar-refractivity contribution in [1.82, 2.24) is 0 Å². The fraction of sp³-hybridized carbons (Fsp3) is 0.412. The molecule has 1 atom stereocenters. The molecule has 21 heavy (non-hydrogen) atoms. The molecule has 0 radical (unpaired) electrons. The van der Waals surface area contributed by atoms with E-state index in [-0.39, 0.29) is 6.04 Å². The summed E-state index contributed by atoms with van der Waals surface area (Å²) >= 11 is 11.6. The van der Waals surface area contributed by atoms with Gasteiger partial charge >= 0.3 is 0 Å². The second-order valence-corrected chi connectivity index (χ2v) is 8.20. The van der Waals surface area contributed by atoms with Gasteiger partial charge in [-0.25, -0.2) is 0 Å².